The van der Waals surface area contributed by atoms with E-state index in [0.29, 0.717) is 0 Å². The van der Waals surface area contributed by atoms with Gasteiger partial charge < -0.3 is 4.74 Å². The minimum atomic E-state index is 0.0166. The van der Waals surface area contributed by atoms with Gasteiger partial charge in [0.1, 0.15) is 17.3 Å². The molecule has 0 unspecified atom stereocenters. The molecule has 8 aromatic rings. The fourth-order valence-electron chi connectivity index (χ4n) is 6.18. The van der Waals surface area contributed by atoms with E-state index < -0.39 is 0 Å². The molecule has 0 fully saturated rings. The number of benzene rings is 5. The van der Waals surface area contributed by atoms with Gasteiger partial charge >= 0.3 is 0 Å². The molecule has 0 amide bonds. The Morgan fingerprint density at radius 1 is 0.568 bits per heavy atom. The zero-order valence-corrected chi connectivity index (χ0v) is 25.0. The fraction of sp³-hybridized carbons (Fsp3) is 0.100. The summed E-state index contributed by atoms with van der Waals surface area (Å²) in [6.45, 7) is 6.69. The molecular formula is C40H31N3O. The van der Waals surface area contributed by atoms with E-state index in [1.54, 1.807) is 0 Å². The average molecular weight is 570 g/mol. The summed E-state index contributed by atoms with van der Waals surface area (Å²) in [5.74, 6) is 2.43. The maximum absolute atomic E-state index is 6.51. The van der Waals surface area contributed by atoms with Crippen LogP contribution >= 0.6 is 0 Å². The van der Waals surface area contributed by atoms with Gasteiger partial charge in [-0.1, -0.05) is 87.5 Å². The topological polar surface area (TPSA) is 39.9 Å². The number of rotatable bonds is 4. The van der Waals surface area contributed by atoms with Gasteiger partial charge in [0.05, 0.1) is 16.7 Å². The molecule has 3 heterocycles. The Kier molecular flexibility index (Phi) is 5.98. The number of fused-ring (bicyclic) bond motifs is 6. The molecule has 3 aromatic heterocycles. The van der Waals surface area contributed by atoms with Gasteiger partial charge in [0.2, 0.25) is 0 Å². The van der Waals surface area contributed by atoms with E-state index >= 15 is 0 Å². The molecule has 8 rings (SSSR count). The summed E-state index contributed by atoms with van der Waals surface area (Å²) in [5.41, 5.74) is 5.36. The lowest BCUT2D eigenvalue weighted by molar-refractivity contribution is 0.483. The van der Waals surface area contributed by atoms with Gasteiger partial charge in [0, 0.05) is 40.2 Å². The van der Waals surface area contributed by atoms with E-state index in [1.165, 1.54) is 27.1 Å². The summed E-state index contributed by atoms with van der Waals surface area (Å²) in [7, 11) is 0. The Morgan fingerprint density at radius 2 is 1.34 bits per heavy atom. The second-order valence-corrected chi connectivity index (χ2v) is 12.4. The van der Waals surface area contributed by atoms with Gasteiger partial charge in [-0.05, 0) is 75.7 Å². The first kappa shape index (κ1) is 26.2. The number of hydrogen-bond donors (Lipinski definition) is 0. The quantitative estimate of drug-likeness (QED) is 0.198. The number of pyridine rings is 2. The SMILES string of the molecule is CC(C)(C)c1ccnc(-n2c3ccccc3c3ccc(Oc4cccc(-c5cc6c(ccc7ccccc76)cn5)c4)cc32)c1. The van der Waals surface area contributed by atoms with Crippen LogP contribution < -0.4 is 4.74 Å². The van der Waals surface area contributed by atoms with Crippen LogP contribution in [-0.4, -0.2) is 14.5 Å². The second kappa shape index (κ2) is 10.1. The van der Waals surface area contributed by atoms with E-state index in [0.717, 1.165) is 50.4 Å². The van der Waals surface area contributed by atoms with Crippen molar-refractivity contribution in [1.29, 1.82) is 0 Å². The largest absolute Gasteiger partial charge is 0.457 e. The summed E-state index contributed by atoms with van der Waals surface area (Å²) in [6.07, 6.45) is 3.87. The first-order valence-electron chi connectivity index (χ1n) is 15.0. The van der Waals surface area contributed by atoms with Crippen molar-refractivity contribution in [3.05, 3.63) is 139 Å². The predicted octanol–water partition coefficient (Wildman–Crippen LogP) is 10.6. The van der Waals surface area contributed by atoms with Crippen LogP contribution in [0.1, 0.15) is 26.3 Å². The lowest BCUT2D eigenvalue weighted by Gasteiger charge is -2.20. The molecule has 0 bridgehead atoms. The van der Waals surface area contributed by atoms with Gasteiger partial charge in [-0.3, -0.25) is 9.55 Å². The molecule has 0 radical (unpaired) electrons. The van der Waals surface area contributed by atoms with Gasteiger partial charge in [-0.15, -0.1) is 0 Å². The Balaban J connectivity index is 1.20. The number of para-hydroxylation sites is 1. The fourth-order valence-corrected chi connectivity index (χ4v) is 6.18. The van der Waals surface area contributed by atoms with Crippen LogP contribution in [0.3, 0.4) is 0 Å². The Bertz CT molecular complexity index is 2360. The van der Waals surface area contributed by atoms with Crippen LogP contribution in [0.15, 0.2) is 134 Å². The highest BCUT2D eigenvalue weighted by Gasteiger charge is 2.18. The highest BCUT2D eigenvalue weighted by molar-refractivity contribution is 6.10. The van der Waals surface area contributed by atoms with E-state index in [-0.39, 0.29) is 5.41 Å². The average Bonchev–Trinajstić information content (AvgIpc) is 3.38. The molecule has 212 valence electrons. The minimum absolute atomic E-state index is 0.0166. The number of ether oxygens (including phenoxy) is 1. The molecule has 0 saturated carbocycles. The minimum Gasteiger partial charge on any atom is -0.457 e. The van der Waals surface area contributed by atoms with Crippen LogP contribution in [0.2, 0.25) is 0 Å². The monoisotopic (exact) mass is 569 g/mol. The molecule has 0 spiro atoms. The van der Waals surface area contributed by atoms with Crippen molar-refractivity contribution in [2.75, 3.05) is 0 Å². The molecule has 0 aliphatic heterocycles. The molecule has 0 aliphatic rings. The second-order valence-electron chi connectivity index (χ2n) is 12.4. The molecule has 4 heteroatoms. The standard InChI is InChI=1S/C40H31N3O/c1-40(2,3)29-19-20-41-39(22-29)43-37-14-7-6-13-33(37)34-18-17-31(23-38(34)43)44-30-11-8-10-27(21-30)36-24-35-28(25-42-36)16-15-26-9-4-5-12-32(26)35/h4-25H,1-3H3. The van der Waals surface area contributed by atoms with Crippen LogP contribution in [0.25, 0.3) is 60.4 Å². The van der Waals surface area contributed by atoms with Gasteiger partial charge in [0.15, 0.2) is 0 Å². The van der Waals surface area contributed by atoms with Crippen molar-refractivity contribution in [2.45, 2.75) is 26.2 Å². The predicted molar refractivity (Wildman–Crippen MR) is 182 cm³/mol. The van der Waals surface area contributed by atoms with Crippen molar-refractivity contribution in [1.82, 2.24) is 14.5 Å². The summed E-state index contributed by atoms with van der Waals surface area (Å²) >= 11 is 0. The normalized spacial score (nSPS) is 12.0. The van der Waals surface area contributed by atoms with Crippen molar-refractivity contribution >= 4 is 43.4 Å². The van der Waals surface area contributed by atoms with E-state index in [9.17, 15) is 0 Å². The number of hydrogen-bond acceptors (Lipinski definition) is 3. The zero-order chi connectivity index (χ0) is 29.8. The Morgan fingerprint density at radius 3 is 2.23 bits per heavy atom. The molecule has 0 saturated heterocycles. The van der Waals surface area contributed by atoms with Crippen molar-refractivity contribution in [2.24, 2.45) is 0 Å². The van der Waals surface area contributed by atoms with E-state index in [1.807, 2.05) is 30.6 Å². The Labute approximate surface area is 256 Å². The van der Waals surface area contributed by atoms with E-state index in [4.69, 9.17) is 14.7 Å². The van der Waals surface area contributed by atoms with E-state index in [2.05, 4.69) is 128 Å². The third-order valence-electron chi connectivity index (χ3n) is 8.48. The summed E-state index contributed by atoms with van der Waals surface area (Å²) in [5, 5.41) is 7.13. The van der Waals surface area contributed by atoms with Crippen molar-refractivity contribution in [3.63, 3.8) is 0 Å². The summed E-state index contributed by atoms with van der Waals surface area (Å²) < 4.78 is 8.75. The molecule has 0 atom stereocenters. The third-order valence-corrected chi connectivity index (χ3v) is 8.48. The van der Waals surface area contributed by atoms with Gasteiger partial charge in [0.25, 0.3) is 0 Å². The van der Waals surface area contributed by atoms with Gasteiger partial charge in [-0.2, -0.15) is 0 Å². The molecule has 44 heavy (non-hydrogen) atoms. The molecule has 4 nitrogen and oxygen atoms in total. The summed E-state index contributed by atoms with van der Waals surface area (Å²) in [4.78, 5) is 9.61. The zero-order valence-electron chi connectivity index (χ0n) is 25.0. The molecule has 5 aromatic carbocycles. The number of aromatic nitrogens is 3. The first-order valence-corrected chi connectivity index (χ1v) is 15.0. The highest BCUT2D eigenvalue weighted by Crippen LogP contribution is 2.36. The first-order chi connectivity index (χ1) is 21.4. The van der Waals surface area contributed by atoms with Crippen LogP contribution in [0.5, 0.6) is 11.5 Å². The van der Waals surface area contributed by atoms with Crippen molar-refractivity contribution in [3.8, 4) is 28.6 Å². The van der Waals surface area contributed by atoms with Crippen LogP contribution in [0, 0.1) is 0 Å². The van der Waals surface area contributed by atoms with Crippen molar-refractivity contribution < 1.29 is 4.74 Å². The van der Waals surface area contributed by atoms with Crippen LogP contribution in [0.4, 0.5) is 0 Å². The molecule has 0 aliphatic carbocycles. The lowest BCUT2D eigenvalue weighted by atomic mass is 9.88. The third kappa shape index (κ3) is 4.47. The maximum Gasteiger partial charge on any atom is 0.137 e. The summed E-state index contributed by atoms with van der Waals surface area (Å²) in [6, 6.07) is 42.2. The lowest BCUT2D eigenvalue weighted by Crippen LogP contribution is -2.12. The smallest absolute Gasteiger partial charge is 0.137 e. The van der Waals surface area contributed by atoms with Gasteiger partial charge in [-0.25, -0.2) is 4.98 Å². The number of nitrogens with zero attached hydrogens (tertiary/aromatic N) is 3. The van der Waals surface area contributed by atoms with Crippen LogP contribution in [-0.2, 0) is 5.41 Å². The highest BCUT2D eigenvalue weighted by atomic mass is 16.5. The maximum atomic E-state index is 6.51. The molecule has 0 N–H and O–H groups in total. The molecular weight excluding hydrogens is 538 g/mol. The Hall–Kier alpha value is -5.48.